The number of rotatable bonds is 3. The number of H-pyrrole nitrogens is 1. The van der Waals surface area contributed by atoms with Gasteiger partial charge in [0.2, 0.25) is 5.78 Å². The zero-order valence-corrected chi connectivity index (χ0v) is 11.2. The van der Waals surface area contributed by atoms with Gasteiger partial charge in [0.05, 0.1) is 10.9 Å². The fourth-order valence-electron chi connectivity index (χ4n) is 1.72. The Bertz CT molecular complexity index is 701. The first-order valence-electron chi connectivity index (χ1n) is 6.13. The quantitative estimate of drug-likeness (QED) is 0.829. The molecule has 0 saturated carbocycles. The van der Waals surface area contributed by atoms with Crippen LogP contribution >= 0.6 is 0 Å². The van der Waals surface area contributed by atoms with Crippen molar-refractivity contribution in [2.24, 2.45) is 5.41 Å². The highest BCUT2D eigenvalue weighted by Gasteiger charge is 2.28. The van der Waals surface area contributed by atoms with Gasteiger partial charge >= 0.3 is 0 Å². The zero-order valence-electron chi connectivity index (χ0n) is 11.2. The molecule has 1 heterocycles. The second-order valence-corrected chi connectivity index (χ2v) is 5.18. The average molecular weight is 260 g/mol. The molecular formula is C14H16N2O3. The first-order valence-corrected chi connectivity index (χ1v) is 6.13. The van der Waals surface area contributed by atoms with Crippen LogP contribution in [-0.2, 0) is 0 Å². The fraction of sp³-hybridized carbons (Fsp3) is 0.357. The van der Waals surface area contributed by atoms with Gasteiger partial charge in [0.1, 0.15) is 5.75 Å². The van der Waals surface area contributed by atoms with E-state index in [1.54, 1.807) is 0 Å². The van der Waals surface area contributed by atoms with Crippen molar-refractivity contribution in [3.8, 4) is 5.75 Å². The van der Waals surface area contributed by atoms with Crippen LogP contribution in [0.5, 0.6) is 5.75 Å². The summed E-state index contributed by atoms with van der Waals surface area (Å²) in [6.45, 7) is 5.52. The lowest BCUT2D eigenvalue weighted by Gasteiger charge is -2.19. The maximum atomic E-state index is 12.3. The molecule has 0 unspecified atom stereocenters. The van der Waals surface area contributed by atoms with Crippen LogP contribution < -0.4 is 5.56 Å². The predicted molar refractivity (Wildman–Crippen MR) is 72.4 cm³/mol. The molecule has 2 N–H and O–H groups in total. The first kappa shape index (κ1) is 13.3. The molecule has 2 rings (SSSR count). The molecule has 0 aliphatic rings. The smallest absolute Gasteiger partial charge is 0.259 e. The van der Waals surface area contributed by atoms with E-state index in [2.05, 4.69) is 9.97 Å². The first-order chi connectivity index (χ1) is 8.85. The maximum absolute atomic E-state index is 12.3. The van der Waals surface area contributed by atoms with Crippen molar-refractivity contribution in [2.45, 2.75) is 27.2 Å². The van der Waals surface area contributed by atoms with Crippen LogP contribution in [0.25, 0.3) is 10.9 Å². The molecule has 1 aromatic heterocycles. The molecule has 0 amide bonds. The van der Waals surface area contributed by atoms with Crippen molar-refractivity contribution in [1.82, 2.24) is 9.97 Å². The Balaban J connectivity index is 2.64. The number of Topliss-reactive ketones (excluding diaryl/α,β-unsaturated/α-hetero) is 1. The molecule has 1 aromatic carbocycles. The molecule has 100 valence electrons. The van der Waals surface area contributed by atoms with Gasteiger partial charge < -0.3 is 10.1 Å². The number of aromatic hydroxyl groups is 1. The molecule has 0 spiro atoms. The van der Waals surface area contributed by atoms with Crippen LogP contribution in [0.2, 0.25) is 0 Å². The number of hydrogen-bond donors (Lipinski definition) is 2. The third-order valence-corrected chi connectivity index (χ3v) is 3.40. The van der Waals surface area contributed by atoms with Crippen LogP contribution in [0, 0.1) is 5.41 Å². The number of hydrogen-bond acceptors (Lipinski definition) is 4. The number of carbonyl (C=O) groups is 1. The topological polar surface area (TPSA) is 83.0 Å². The van der Waals surface area contributed by atoms with E-state index in [4.69, 9.17) is 0 Å². The SMILES string of the molecule is CCC(C)(C)C(=O)c1nc2cc(O)ccc2c(=O)[nH]1. The minimum atomic E-state index is -0.583. The summed E-state index contributed by atoms with van der Waals surface area (Å²) in [5.74, 6) is -0.161. The largest absolute Gasteiger partial charge is 0.508 e. The van der Waals surface area contributed by atoms with Crippen molar-refractivity contribution >= 4 is 16.7 Å². The summed E-state index contributed by atoms with van der Waals surface area (Å²) in [6.07, 6.45) is 0.646. The summed E-state index contributed by atoms with van der Waals surface area (Å²) in [6, 6.07) is 4.27. The fourth-order valence-corrected chi connectivity index (χ4v) is 1.72. The van der Waals surface area contributed by atoms with Gasteiger partial charge in [0.25, 0.3) is 5.56 Å². The minimum absolute atomic E-state index is 0.0127. The third kappa shape index (κ3) is 2.36. The molecule has 0 aliphatic heterocycles. The molecule has 0 bridgehead atoms. The normalized spacial score (nSPS) is 11.7. The van der Waals surface area contributed by atoms with E-state index < -0.39 is 5.41 Å². The number of fused-ring (bicyclic) bond motifs is 1. The number of aromatic nitrogens is 2. The summed E-state index contributed by atoms with van der Waals surface area (Å²) in [5, 5.41) is 9.77. The van der Waals surface area contributed by atoms with Gasteiger partial charge in [-0.3, -0.25) is 9.59 Å². The highest BCUT2D eigenvalue weighted by Crippen LogP contribution is 2.24. The Morgan fingerprint density at radius 2 is 2.11 bits per heavy atom. The van der Waals surface area contributed by atoms with Crippen molar-refractivity contribution in [1.29, 1.82) is 0 Å². The van der Waals surface area contributed by atoms with Gasteiger partial charge in [0.15, 0.2) is 5.82 Å². The summed E-state index contributed by atoms with van der Waals surface area (Å²) in [4.78, 5) is 30.8. The number of benzene rings is 1. The minimum Gasteiger partial charge on any atom is -0.508 e. The molecule has 5 heteroatoms. The van der Waals surface area contributed by atoms with Crippen molar-refractivity contribution in [2.75, 3.05) is 0 Å². The van der Waals surface area contributed by atoms with Gasteiger partial charge in [-0.05, 0) is 18.6 Å². The van der Waals surface area contributed by atoms with Crippen molar-refractivity contribution in [3.05, 3.63) is 34.4 Å². The third-order valence-electron chi connectivity index (χ3n) is 3.40. The van der Waals surface area contributed by atoms with E-state index in [1.165, 1.54) is 18.2 Å². The molecule has 0 atom stereocenters. The molecular weight excluding hydrogens is 244 g/mol. The average Bonchev–Trinajstić information content (AvgIpc) is 2.37. The van der Waals surface area contributed by atoms with Gasteiger partial charge in [-0.15, -0.1) is 0 Å². The Labute approximate surface area is 110 Å². The molecule has 0 aliphatic carbocycles. The van der Waals surface area contributed by atoms with E-state index in [1.807, 2.05) is 20.8 Å². The van der Waals surface area contributed by atoms with Crippen LogP contribution in [0.1, 0.15) is 37.8 Å². The van der Waals surface area contributed by atoms with E-state index in [9.17, 15) is 14.7 Å². The van der Waals surface area contributed by atoms with Gasteiger partial charge in [-0.1, -0.05) is 20.8 Å². The highest BCUT2D eigenvalue weighted by atomic mass is 16.3. The number of phenolic OH excluding ortho intramolecular Hbond substituents is 1. The van der Waals surface area contributed by atoms with E-state index in [0.29, 0.717) is 17.3 Å². The number of ketones is 1. The molecule has 0 saturated heterocycles. The zero-order chi connectivity index (χ0) is 14.2. The van der Waals surface area contributed by atoms with Crippen LogP contribution in [0.15, 0.2) is 23.0 Å². The Morgan fingerprint density at radius 1 is 1.42 bits per heavy atom. The van der Waals surface area contributed by atoms with Crippen LogP contribution in [0.3, 0.4) is 0 Å². The van der Waals surface area contributed by atoms with Gasteiger partial charge in [0, 0.05) is 11.5 Å². The monoisotopic (exact) mass is 260 g/mol. The van der Waals surface area contributed by atoms with E-state index in [0.717, 1.165) is 0 Å². The van der Waals surface area contributed by atoms with Gasteiger partial charge in [-0.25, -0.2) is 4.98 Å². The standard InChI is InChI=1S/C14H16N2O3/c1-4-14(2,3)11(18)12-15-10-7-8(17)5-6-9(10)13(19)16-12/h5-7,17H,4H2,1-3H3,(H,15,16,19). The summed E-state index contributed by atoms with van der Waals surface area (Å²) < 4.78 is 0. The van der Waals surface area contributed by atoms with Crippen molar-refractivity contribution < 1.29 is 9.90 Å². The van der Waals surface area contributed by atoms with E-state index >= 15 is 0 Å². The lowest BCUT2D eigenvalue weighted by molar-refractivity contribution is 0.0821. The summed E-state index contributed by atoms with van der Waals surface area (Å²) in [7, 11) is 0. The Hall–Kier alpha value is -2.17. The Kier molecular flexibility index (Phi) is 3.14. The predicted octanol–water partition coefficient (Wildman–Crippen LogP) is 2.25. The second-order valence-electron chi connectivity index (χ2n) is 5.18. The van der Waals surface area contributed by atoms with Crippen LogP contribution in [0.4, 0.5) is 0 Å². The van der Waals surface area contributed by atoms with Crippen LogP contribution in [-0.4, -0.2) is 20.9 Å². The molecule has 0 radical (unpaired) electrons. The summed E-state index contributed by atoms with van der Waals surface area (Å²) >= 11 is 0. The molecule has 19 heavy (non-hydrogen) atoms. The Morgan fingerprint density at radius 3 is 2.74 bits per heavy atom. The number of carbonyl (C=O) groups excluding carboxylic acids is 1. The number of phenols is 1. The number of nitrogens with one attached hydrogen (secondary N) is 1. The molecule has 5 nitrogen and oxygen atoms in total. The molecule has 0 fully saturated rings. The highest BCUT2D eigenvalue weighted by molar-refractivity contribution is 5.98. The van der Waals surface area contributed by atoms with Gasteiger partial charge in [-0.2, -0.15) is 0 Å². The number of nitrogens with zero attached hydrogens (tertiary/aromatic N) is 1. The number of aromatic amines is 1. The lowest BCUT2D eigenvalue weighted by Crippen LogP contribution is -2.27. The van der Waals surface area contributed by atoms with Crippen molar-refractivity contribution in [3.63, 3.8) is 0 Å². The lowest BCUT2D eigenvalue weighted by atomic mass is 9.85. The van der Waals surface area contributed by atoms with E-state index in [-0.39, 0.29) is 22.9 Å². The summed E-state index contributed by atoms with van der Waals surface area (Å²) in [5.41, 5.74) is -0.639. The second kappa shape index (κ2) is 4.50. The maximum Gasteiger partial charge on any atom is 0.259 e. The molecule has 2 aromatic rings.